The molecule has 0 aromatic carbocycles. The first kappa shape index (κ1) is 17.4. The minimum absolute atomic E-state index is 0.139. The van der Waals surface area contributed by atoms with Crippen LogP contribution in [0.1, 0.15) is 44.8 Å². The Bertz CT molecular complexity index is 527. The molecule has 1 N–H and O–H groups in total. The van der Waals surface area contributed by atoms with Crippen LogP contribution in [0.3, 0.4) is 0 Å². The Morgan fingerprint density at radius 2 is 2.24 bits per heavy atom. The Balaban J connectivity index is 2.78. The molecular weight excluding hydrogens is 284 g/mol. The number of nitrogens with one attached hydrogen (secondary N) is 1. The van der Waals surface area contributed by atoms with Crippen LogP contribution in [0, 0.1) is 6.92 Å². The SMILES string of the molecule is C=CC[C@H](NC(=O)OC(C)(C)C)C(C)=Cc1csc(C)n1. The van der Waals surface area contributed by atoms with Crippen LogP contribution >= 0.6 is 11.3 Å². The van der Waals surface area contributed by atoms with Gasteiger partial charge in [0.15, 0.2) is 0 Å². The molecular formula is C16H24N2O2S. The number of ether oxygens (including phenoxy) is 1. The molecule has 0 aliphatic heterocycles. The first-order valence-corrected chi connectivity index (χ1v) is 7.80. The fourth-order valence-electron chi connectivity index (χ4n) is 1.76. The van der Waals surface area contributed by atoms with Crippen LogP contribution in [0.4, 0.5) is 4.79 Å². The lowest BCUT2D eigenvalue weighted by Crippen LogP contribution is -2.39. The van der Waals surface area contributed by atoms with Crippen molar-refractivity contribution in [1.29, 1.82) is 0 Å². The van der Waals surface area contributed by atoms with Crippen molar-refractivity contribution in [2.45, 2.75) is 52.7 Å². The summed E-state index contributed by atoms with van der Waals surface area (Å²) in [5, 5.41) is 5.90. The van der Waals surface area contributed by atoms with Crippen LogP contribution < -0.4 is 5.32 Å². The summed E-state index contributed by atoms with van der Waals surface area (Å²) in [5.74, 6) is 0. The van der Waals surface area contributed by atoms with Crippen LogP contribution in [-0.2, 0) is 4.74 Å². The van der Waals surface area contributed by atoms with Crippen molar-refractivity contribution in [3.8, 4) is 0 Å². The third-order valence-corrected chi connectivity index (χ3v) is 3.45. The lowest BCUT2D eigenvalue weighted by atomic mass is 10.0. The van der Waals surface area contributed by atoms with Gasteiger partial charge in [-0.05, 0) is 52.7 Å². The highest BCUT2D eigenvalue weighted by Crippen LogP contribution is 2.16. The van der Waals surface area contributed by atoms with Gasteiger partial charge in [0.1, 0.15) is 5.60 Å². The fraction of sp³-hybridized carbons (Fsp3) is 0.500. The van der Waals surface area contributed by atoms with Gasteiger partial charge in [0.05, 0.1) is 16.7 Å². The number of hydrogen-bond donors (Lipinski definition) is 1. The maximum absolute atomic E-state index is 11.9. The van der Waals surface area contributed by atoms with Gasteiger partial charge in [-0.1, -0.05) is 6.08 Å². The zero-order valence-corrected chi connectivity index (χ0v) is 14.2. The third kappa shape index (κ3) is 6.58. The van der Waals surface area contributed by atoms with Crippen molar-refractivity contribution in [3.05, 3.63) is 34.3 Å². The van der Waals surface area contributed by atoms with Crippen LogP contribution in [-0.4, -0.2) is 22.7 Å². The summed E-state index contributed by atoms with van der Waals surface area (Å²) in [7, 11) is 0. The standard InChI is InChI=1S/C16H24N2O2S/c1-7-8-14(18-15(19)20-16(4,5)6)11(2)9-13-10-21-12(3)17-13/h7,9-10,14H,1,8H2,2-6H3,(H,18,19)/t14-/m0/s1. The predicted octanol–water partition coefficient (Wildman–Crippen LogP) is 4.32. The monoisotopic (exact) mass is 308 g/mol. The Hall–Kier alpha value is -1.62. The minimum Gasteiger partial charge on any atom is -0.444 e. The molecule has 0 aliphatic carbocycles. The molecule has 1 aromatic heterocycles. The largest absolute Gasteiger partial charge is 0.444 e. The van der Waals surface area contributed by atoms with Crippen molar-refractivity contribution >= 4 is 23.5 Å². The van der Waals surface area contributed by atoms with Gasteiger partial charge >= 0.3 is 6.09 Å². The first-order valence-electron chi connectivity index (χ1n) is 6.92. The van der Waals surface area contributed by atoms with Crippen molar-refractivity contribution in [2.75, 3.05) is 0 Å². The molecule has 0 saturated carbocycles. The lowest BCUT2D eigenvalue weighted by molar-refractivity contribution is 0.0512. The van der Waals surface area contributed by atoms with Gasteiger partial charge in [-0.25, -0.2) is 9.78 Å². The molecule has 0 bridgehead atoms. The van der Waals surface area contributed by atoms with Gasteiger partial charge in [0.25, 0.3) is 0 Å². The summed E-state index contributed by atoms with van der Waals surface area (Å²) in [6, 6.07) is -0.139. The number of amides is 1. The molecule has 1 rings (SSSR count). The molecule has 1 amide bonds. The molecule has 1 heterocycles. The topological polar surface area (TPSA) is 51.2 Å². The number of nitrogens with zero attached hydrogens (tertiary/aromatic N) is 1. The Labute approximate surface area is 130 Å². The molecule has 0 radical (unpaired) electrons. The number of carbonyl (C=O) groups excluding carboxylic acids is 1. The number of aromatic nitrogens is 1. The number of rotatable bonds is 5. The zero-order valence-electron chi connectivity index (χ0n) is 13.4. The van der Waals surface area contributed by atoms with E-state index in [0.29, 0.717) is 6.42 Å². The molecule has 0 fully saturated rings. The summed E-state index contributed by atoms with van der Waals surface area (Å²) < 4.78 is 5.29. The van der Waals surface area contributed by atoms with E-state index >= 15 is 0 Å². The summed E-state index contributed by atoms with van der Waals surface area (Å²) in [6.45, 7) is 13.2. The third-order valence-electron chi connectivity index (χ3n) is 2.66. The maximum atomic E-state index is 11.9. The molecule has 5 heteroatoms. The van der Waals surface area contributed by atoms with Crippen molar-refractivity contribution in [3.63, 3.8) is 0 Å². The summed E-state index contributed by atoms with van der Waals surface area (Å²) >= 11 is 1.61. The van der Waals surface area contributed by atoms with E-state index in [9.17, 15) is 4.79 Å². The van der Waals surface area contributed by atoms with E-state index in [1.807, 2.05) is 46.1 Å². The summed E-state index contributed by atoms with van der Waals surface area (Å²) in [4.78, 5) is 16.3. The first-order chi connectivity index (χ1) is 9.71. The van der Waals surface area contributed by atoms with E-state index in [1.165, 1.54) is 0 Å². The molecule has 0 unspecified atom stereocenters. The molecule has 1 aromatic rings. The number of hydrogen-bond acceptors (Lipinski definition) is 4. The minimum atomic E-state index is -0.507. The summed E-state index contributed by atoms with van der Waals surface area (Å²) in [6.07, 6.45) is 3.99. The van der Waals surface area contributed by atoms with Gasteiger partial charge in [0, 0.05) is 5.38 Å². The molecule has 116 valence electrons. The van der Waals surface area contributed by atoms with Gasteiger partial charge in [-0.2, -0.15) is 0 Å². The second-order valence-electron chi connectivity index (χ2n) is 5.90. The molecule has 4 nitrogen and oxygen atoms in total. The predicted molar refractivity (Wildman–Crippen MR) is 88.5 cm³/mol. The average molecular weight is 308 g/mol. The van der Waals surface area contributed by atoms with E-state index in [2.05, 4.69) is 16.9 Å². The van der Waals surface area contributed by atoms with Crippen molar-refractivity contribution in [1.82, 2.24) is 10.3 Å². The molecule has 0 saturated heterocycles. The van der Waals surface area contributed by atoms with E-state index in [1.54, 1.807) is 17.4 Å². The maximum Gasteiger partial charge on any atom is 0.408 e. The van der Waals surface area contributed by atoms with Crippen LogP contribution in [0.2, 0.25) is 0 Å². The second kappa shape index (κ2) is 7.41. The average Bonchev–Trinajstić information content (AvgIpc) is 2.71. The van der Waals surface area contributed by atoms with Crippen LogP contribution in [0.25, 0.3) is 6.08 Å². The van der Waals surface area contributed by atoms with E-state index in [4.69, 9.17) is 4.74 Å². The Morgan fingerprint density at radius 1 is 1.57 bits per heavy atom. The highest BCUT2D eigenvalue weighted by Gasteiger charge is 2.19. The Morgan fingerprint density at radius 3 is 2.71 bits per heavy atom. The second-order valence-corrected chi connectivity index (χ2v) is 6.97. The molecule has 0 spiro atoms. The van der Waals surface area contributed by atoms with E-state index in [0.717, 1.165) is 16.3 Å². The van der Waals surface area contributed by atoms with Crippen molar-refractivity contribution in [2.24, 2.45) is 0 Å². The van der Waals surface area contributed by atoms with Gasteiger partial charge in [-0.3, -0.25) is 0 Å². The van der Waals surface area contributed by atoms with E-state index < -0.39 is 11.7 Å². The van der Waals surface area contributed by atoms with Crippen LogP contribution in [0.15, 0.2) is 23.6 Å². The molecule has 21 heavy (non-hydrogen) atoms. The number of thiazole rings is 1. The normalized spacial score (nSPS) is 13.7. The van der Waals surface area contributed by atoms with Gasteiger partial charge in [0.2, 0.25) is 0 Å². The number of alkyl carbamates (subject to hydrolysis) is 1. The molecule has 0 aliphatic rings. The Kier molecular flexibility index (Phi) is 6.15. The summed E-state index contributed by atoms with van der Waals surface area (Å²) in [5.41, 5.74) is 1.42. The van der Waals surface area contributed by atoms with Crippen LogP contribution in [0.5, 0.6) is 0 Å². The number of aryl methyl sites for hydroxylation is 1. The lowest BCUT2D eigenvalue weighted by Gasteiger charge is -2.23. The fourth-order valence-corrected chi connectivity index (χ4v) is 2.33. The number of carbonyl (C=O) groups is 1. The quantitative estimate of drug-likeness (QED) is 0.824. The molecule has 1 atom stereocenters. The van der Waals surface area contributed by atoms with Crippen molar-refractivity contribution < 1.29 is 9.53 Å². The van der Waals surface area contributed by atoms with Gasteiger partial charge < -0.3 is 10.1 Å². The van der Waals surface area contributed by atoms with E-state index in [-0.39, 0.29) is 6.04 Å². The highest BCUT2D eigenvalue weighted by atomic mass is 32.1. The zero-order chi connectivity index (χ0) is 16.0. The highest BCUT2D eigenvalue weighted by molar-refractivity contribution is 7.09. The van der Waals surface area contributed by atoms with Gasteiger partial charge in [-0.15, -0.1) is 17.9 Å². The smallest absolute Gasteiger partial charge is 0.408 e.